The third-order valence-electron chi connectivity index (χ3n) is 2.72. The maximum atomic E-state index is 12.3. The monoisotopic (exact) mass is 375 g/mol. The van der Waals surface area contributed by atoms with E-state index in [1.165, 1.54) is 18.4 Å². The maximum absolute atomic E-state index is 12.3. The molecule has 0 spiro atoms. The summed E-state index contributed by atoms with van der Waals surface area (Å²) in [5.74, 6) is -0.686. The molecule has 0 aliphatic carbocycles. The van der Waals surface area contributed by atoms with Crippen LogP contribution in [-0.2, 0) is 9.53 Å². The van der Waals surface area contributed by atoms with Crippen molar-refractivity contribution in [2.45, 2.75) is 0 Å². The number of benzene rings is 1. The van der Waals surface area contributed by atoms with E-state index in [4.69, 9.17) is 9.15 Å². The van der Waals surface area contributed by atoms with Crippen molar-refractivity contribution in [1.82, 2.24) is 5.32 Å². The second-order valence-electron chi connectivity index (χ2n) is 4.43. The number of rotatable bonds is 6. The Balaban J connectivity index is 2.22. The van der Waals surface area contributed by atoms with Crippen LogP contribution in [0.1, 0.15) is 16.1 Å². The molecule has 1 aromatic carbocycles. The number of carbonyl (C=O) groups excluding carboxylic acids is 2. The molecule has 1 aromatic heterocycles. The number of furan rings is 1. The van der Waals surface area contributed by atoms with Crippen LogP contribution in [0, 0.1) is 0 Å². The normalized spacial score (nSPS) is 10.9. The number of carbonyl (C=O) groups is 2. The molecule has 6 heteroatoms. The van der Waals surface area contributed by atoms with Gasteiger partial charge < -0.3 is 14.5 Å². The molecule has 0 radical (unpaired) electrons. The highest BCUT2D eigenvalue weighted by Gasteiger charge is 2.16. The van der Waals surface area contributed by atoms with Crippen LogP contribution >= 0.6 is 15.9 Å². The highest BCUT2D eigenvalue weighted by atomic mass is 79.9. The number of amides is 1. The fourth-order valence-electron chi connectivity index (χ4n) is 1.70. The molecule has 0 unspecified atom stereocenters. The zero-order chi connectivity index (χ0) is 16.7. The van der Waals surface area contributed by atoms with Crippen molar-refractivity contribution in [2.24, 2.45) is 0 Å². The molecular weight excluding hydrogens is 362 g/mol. The van der Waals surface area contributed by atoms with Crippen molar-refractivity contribution in [3.8, 4) is 0 Å². The Hall–Kier alpha value is -2.60. The Bertz CT molecular complexity index is 735. The van der Waals surface area contributed by atoms with E-state index < -0.39 is 11.9 Å². The van der Waals surface area contributed by atoms with Crippen LogP contribution in [0.4, 0.5) is 0 Å². The molecule has 23 heavy (non-hydrogen) atoms. The molecule has 0 saturated carbocycles. The molecule has 0 aliphatic heterocycles. The first-order chi connectivity index (χ1) is 11.1. The van der Waals surface area contributed by atoms with Crippen molar-refractivity contribution < 1.29 is 18.7 Å². The summed E-state index contributed by atoms with van der Waals surface area (Å²) in [4.78, 5) is 24.3. The first-order valence-corrected chi connectivity index (χ1v) is 7.49. The molecule has 1 heterocycles. The van der Waals surface area contributed by atoms with Gasteiger partial charge in [0.05, 0.1) is 6.26 Å². The van der Waals surface area contributed by atoms with Gasteiger partial charge in [-0.1, -0.05) is 34.7 Å². The Kier molecular flexibility index (Phi) is 5.94. The highest BCUT2D eigenvalue weighted by Crippen LogP contribution is 2.13. The second-order valence-corrected chi connectivity index (χ2v) is 5.34. The zero-order valence-corrected chi connectivity index (χ0v) is 13.7. The van der Waals surface area contributed by atoms with Crippen LogP contribution in [0.5, 0.6) is 0 Å². The molecule has 0 fully saturated rings. The maximum Gasteiger partial charge on any atom is 0.355 e. The van der Waals surface area contributed by atoms with Gasteiger partial charge in [-0.15, -0.1) is 0 Å². The third-order valence-corrected chi connectivity index (χ3v) is 3.21. The van der Waals surface area contributed by atoms with E-state index in [0.717, 1.165) is 4.47 Å². The summed E-state index contributed by atoms with van der Waals surface area (Å²) in [5.41, 5.74) is 0.382. The minimum atomic E-state index is -0.676. The van der Waals surface area contributed by atoms with Gasteiger partial charge >= 0.3 is 5.97 Å². The number of hydrogen-bond donors (Lipinski definition) is 1. The molecule has 0 bridgehead atoms. The van der Waals surface area contributed by atoms with Gasteiger partial charge in [-0.05, 0) is 30.3 Å². The molecule has 2 rings (SSSR count). The smallest absolute Gasteiger partial charge is 0.355 e. The molecule has 1 amide bonds. The van der Waals surface area contributed by atoms with Crippen LogP contribution in [0.25, 0.3) is 6.08 Å². The van der Waals surface area contributed by atoms with Crippen molar-refractivity contribution >= 4 is 33.9 Å². The zero-order valence-electron chi connectivity index (χ0n) is 12.1. The van der Waals surface area contributed by atoms with E-state index in [2.05, 4.69) is 27.8 Å². The predicted octanol–water partition coefficient (Wildman–Crippen LogP) is 3.54. The standard InChI is InChI=1S/C17H14BrNO4/c1-2-8-23-17(21)15(11-14-7-4-9-22-14)19-16(20)12-5-3-6-13(18)10-12/h2-7,9-11H,1,8H2,(H,19,20). The summed E-state index contributed by atoms with van der Waals surface area (Å²) in [6, 6.07) is 10.1. The van der Waals surface area contributed by atoms with Crippen LogP contribution in [0.2, 0.25) is 0 Å². The van der Waals surface area contributed by atoms with Crippen LogP contribution in [-0.4, -0.2) is 18.5 Å². The largest absolute Gasteiger partial charge is 0.465 e. The van der Waals surface area contributed by atoms with Gasteiger partial charge in [0.1, 0.15) is 18.1 Å². The lowest BCUT2D eigenvalue weighted by Crippen LogP contribution is -2.28. The van der Waals surface area contributed by atoms with E-state index in [0.29, 0.717) is 11.3 Å². The average molecular weight is 376 g/mol. The Labute approximate surface area is 141 Å². The number of nitrogens with one attached hydrogen (secondary N) is 1. The summed E-state index contributed by atoms with van der Waals surface area (Å²) in [6.45, 7) is 3.52. The first kappa shape index (κ1) is 16.8. The lowest BCUT2D eigenvalue weighted by molar-refractivity contribution is -0.138. The van der Waals surface area contributed by atoms with Gasteiger partial charge in [-0.25, -0.2) is 4.79 Å². The summed E-state index contributed by atoms with van der Waals surface area (Å²) in [6.07, 6.45) is 4.31. The lowest BCUT2D eigenvalue weighted by Gasteiger charge is -2.09. The predicted molar refractivity (Wildman–Crippen MR) is 89.4 cm³/mol. The molecule has 0 aliphatic rings. The number of ether oxygens (including phenoxy) is 1. The average Bonchev–Trinajstić information content (AvgIpc) is 3.05. The first-order valence-electron chi connectivity index (χ1n) is 6.70. The fourth-order valence-corrected chi connectivity index (χ4v) is 2.10. The van der Waals surface area contributed by atoms with E-state index >= 15 is 0 Å². The number of halogens is 1. The molecule has 2 aromatic rings. The van der Waals surface area contributed by atoms with Crippen LogP contribution < -0.4 is 5.32 Å². The van der Waals surface area contributed by atoms with E-state index in [1.807, 2.05) is 0 Å². The topological polar surface area (TPSA) is 68.5 Å². The van der Waals surface area contributed by atoms with Crippen molar-refractivity contribution in [2.75, 3.05) is 6.61 Å². The molecule has 0 atom stereocenters. The summed E-state index contributed by atoms with van der Waals surface area (Å²) in [7, 11) is 0. The van der Waals surface area contributed by atoms with Gasteiger partial charge in [-0.2, -0.15) is 0 Å². The Morgan fingerprint density at radius 3 is 2.78 bits per heavy atom. The lowest BCUT2D eigenvalue weighted by atomic mass is 10.2. The van der Waals surface area contributed by atoms with Crippen molar-refractivity contribution in [1.29, 1.82) is 0 Å². The molecule has 5 nitrogen and oxygen atoms in total. The molecule has 118 valence electrons. The Morgan fingerprint density at radius 1 is 1.30 bits per heavy atom. The molecule has 1 N–H and O–H groups in total. The Morgan fingerprint density at radius 2 is 2.13 bits per heavy atom. The minimum Gasteiger partial charge on any atom is -0.465 e. The van der Waals surface area contributed by atoms with Gasteiger partial charge in [-0.3, -0.25) is 4.79 Å². The minimum absolute atomic E-state index is 0.0215. The van der Waals surface area contributed by atoms with Crippen LogP contribution in [0.15, 0.2) is 69.9 Å². The third kappa shape index (κ3) is 4.96. The van der Waals surface area contributed by atoms with Gasteiger partial charge in [0.15, 0.2) is 0 Å². The van der Waals surface area contributed by atoms with Crippen molar-refractivity contribution in [3.05, 3.63) is 76.8 Å². The van der Waals surface area contributed by atoms with Gasteiger partial charge in [0.2, 0.25) is 0 Å². The highest BCUT2D eigenvalue weighted by molar-refractivity contribution is 9.10. The summed E-state index contributed by atoms with van der Waals surface area (Å²) >= 11 is 3.30. The fraction of sp³-hybridized carbons (Fsp3) is 0.0588. The van der Waals surface area contributed by atoms with Crippen molar-refractivity contribution in [3.63, 3.8) is 0 Å². The quantitative estimate of drug-likeness (QED) is 0.476. The molecular formula is C17H14BrNO4. The molecule has 0 saturated heterocycles. The van der Waals surface area contributed by atoms with E-state index in [-0.39, 0.29) is 12.3 Å². The number of hydrogen-bond acceptors (Lipinski definition) is 4. The number of esters is 1. The van der Waals surface area contributed by atoms with Gasteiger partial charge in [0, 0.05) is 16.1 Å². The summed E-state index contributed by atoms with van der Waals surface area (Å²) < 4.78 is 10.9. The van der Waals surface area contributed by atoms with E-state index in [9.17, 15) is 9.59 Å². The van der Waals surface area contributed by atoms with Gasteiger partial charge in [0.25, 0.3) is 5.91 Å². The summed E-state index contributed by atoms with van der Waals surface area (Å²) in [5, 5.41) is 2.54. The van der Waals surface area contributed by atoms with E-state index in [1.54, 1.807) is 36.4 Å². The SMILES string of the molecule is C=CCOC(=O)C(=Cc1ccco1)NC(=O)c1cccc(Br)c1. The second kappa shape index (κ2) is 8.14. The van der Waals surface area contributed by atoms with Crippen LogP contribution in [0.3, 0.4) is 0 Å².